The lowest BCUT2D eigenvalue weighted by molar-refractivity contribution is -0.140. The molecule has 2 heterocycles. The Balaban J connectivity index is 1.83. The minimum atomic E-state index is 0.107. The van der Waals surface area contributed by atoms with Crippen molar-refractivity contribution in [2.75, 3.05) is 31.2 Å². The van der Waals surface area contributed by atoms with Crippen LogP contribution in [0.2, 0.25) is 0 Å². The summed E-state index contributed by atoms with van der Waals surface area (Å²) in [7, 11) is 1.80. The number of ether oxygens (including phenoxy) is 1. The van der Waals surface area contributed by atoms with Gasteiger partial charge in [-0.1, -0.05) is 23.1 Å². The summed E-state index contributed by atoms with van der Waals surface area (Å²) in [5.74, 6) is 0.533. The summed E-state index contributed by atoms with van der Waals surface area (Å²) in [5, 5.41) is 11.6. The molecular formula is C11H18N4O2S2. The Morgan fingerprint density at radius 3 is 2.74 bits per heavy atom. The maximum absolute atomic E-state index is 12.1. The number of nitrogens with one attached hydrogen (secondary N) is 1. The lowest BCUT2D eigenvalue weighted by Crippen LogP contribution is -2.48. The molecule has 1 amide bonds. The molecule has 1 aliphatic heterocycles. The second-order valence-corrected chi connectivity index (χ2v) is 6.67. The van der Waals surface area contributed by atoms with Crippen LogP contribution >= 0.6 is 23.1 Å². The summed E-state index contributed by atoms with van der Waals surface area (Å²) in [4.78, 5) is 14.0. The number of hydrogen-bond acceptors (Lipinski definition) is 7. The van der Waals surface area contributed by atoms with Gasteiger partial charge in [0.15, 0.2) is 4.34 Å². The van der Waals surface area contributed by atoms with Crippen LogP contribution in [0.15, 0.2) is 4.34 Å². The quantitative estimate of drug-likeness (QED) is 0.846. The van der Waals surface area contributed by atoms with Crippen molar-refractivity contribution < 1.29 is 9.53 Å². The molecule has 2 unspecified atom stereocenters. The van der Waals surface area contributed by atoms with Crippen molar-refractivity contribution in [3.63, 3.8) is 0 Å². The molecule has 0 saturated carbocycles. The Hall–Kier alpha value is -0.860. The van der Waals surface area contributed by atoms with E-state index in [1.165, 1.54) is 23.1 Å². The molecule has 1 aliphatic rings. The number of carbonyl (C=O) groups is 1. The van der Waals surface area contributed by atoms with Crippen LogP contribution in [0, 0.1) is 0 Å². The Labute approximate surface area is 120 Å². The number of nitrogens with zero attached hydrogens (tertiary/aromatic N) is 3. The molecule has 0 aliphatic carbocycles. The third kappa shape index (κ3) is 4.05. The van der Waals surface area contributed by atoms with Gasteiger partial charge in [0.1, 0.15) is 0 Å². The first-order valence-corrected chi connectivity index (χ1v) is 7.96. The summed E-state index contributed by atoms with van der Waals surface area (Å²) in [5.41, 5.74) is 0. The monoisotopic (exact) mass is 302 g/mol. The number of morpholine rings is 1. The normalized spacial score (nSPS) is 23.4. The molecule has 1 fully saturated rings. The first-order chi connectivity index (χ1) is 9.08. The van der Waals surface area contributed by atoms with Crippen LogP contribution in [-0.4, -0.2) is 59.1 Å². The lowest BCUT2D eigenvalue weighted by atomic mass is 10.2. The predicted octanol–water partition coefficient (Wildman–Crippen LogP) is 1.31. The van der Waals surface area contributed by atoms with Crippen LogP contribution in [0.4, 0.5) is 5.13 Å². The van der Waals surface area contributed by atoms with Crippen LogP contribution in [0.5, 0.6) is 0 Å². The number of hydrogen-bond donors (Lipinski definition) is 1. The van der Waals surface area contributed by atoms with Crippen LogP contribution < -0.4 is 5.32 Å². The lowest BCUT2D eigenvalue weighted by Gasteiger charge is -2.35. The summed E-state index contributed by atoms with van der Waals surface area (Å²) < 4.78 is 6.43. The van der Waals surface area contributed by atoms with E-state index in [0.717, 1.165) is 9.47 Å². The van der Waals surface area contributed by atoms with Crippen molar-refractivity contribution in [2.24, 2.45) is 0 Å². The highest BCUT2D eigenvalue weighted by Crippen LogP contribution is 2.25. The van der Waals surface area contributed by atoms with Gasteiger partial charge in [-0.15, -0.1) is 10.2 Å². The van der Waals surface area contributed by atoms with Gasteiger partial charge in [-0.25, -0.2) is 0 Å². The van der Waals surface area contributed by atoms with Crippen molar-refractivity contribution in [3.8, 4) is 0 Å². The highest BCUT2D eigenvalue weighted by atomic mass is 32.2. The zero-order chi connectivity index (χ0) is 13.8. The van der Waals surface area contributed by atoms with E-state index in [4.69, 9.17) is 4.74 Å². The summed E-state index contributed by atoms with van der Waals surface area (Å²) in [6, 6.07) is 0. The van der Waals surface area contributed by atoms with Crippen molar-refractivity contribution >= 4 is 34.1 Å². The van der Waals surface area contributed by atoms with Crippen LogP contribution in [-0.2, 0) is 9.53 Å². The fourth-order valence-corrected chi connectivity index (χ4v) is 3.57. The minimum Gasteiger partial charge on any atom is -0.372 e. The molecule has 2 atom stereocenters. The Morgan fingerprint density at radius 1 is 1.47 bits per heavy atom. The summed E-state index contributed by atoms with van der Waals surface area (Å²) in [6.45, 7) is 5.32. The zero-order valence-electron chi connectivity index (χ0n) is 11.3. The van der Waals surface area contributed by atoms with Gasteiger partial charge in [0, 0.05) is 20.1 Å². The Morgan fingerprint density at radius 2 is 2.16 bits per heavy atom. The molecular weight excluding hydrogens is 284 g/mol. The fourth-order valence-electron chi connectivity index (χ4n) is 1.97. The zero-order valence-corrected chi connectivity index (χ0v) is 12.9. The standard InChI is InChI=1S/C11H18N4O2S2/c1-7-4-15(5-8(2)17-7)9(16)6-18-11-14-13-10(12-3)19-11/h7-8H,4-6H2,1-3H3,(H,12,13). The summed E-state index contributed by atoms with van der Waals surface area (Å²) in [6.07, 6.45) is 0.213. The fraction of sp³-hybridized carbons (Fsp3) is 0.727. The van der Waals surface area contributed by atoms with Crippen molar-refractivity contribution in [1.29, 1.82) is 0 Å². The van der Waals surface area contributed by atoms with E-state index in [9.17, 15) is 4.79 Å². The topological polar surface area (TPSA) is 67.4 Å². The van der Waals surface area contributed by atoms with Gasteiger partial charge in [-0.05, 0) is 13.8 Å². The van der Waals surface area contributed by atoms with Crippen molar-refractivity contribution in [3.05, 3.63) is 0 Å². The number of rotatable bonds is 4. The average Bonchev–Trinajstić information content (AvgIpc) is 2.82. The number of aromatic nitrogens is 2. The van der Waals surface area contributed by atoms with Gasteiger partial charge in [0.25, 0.3) is 0 Å². The van der Waals surface area contributed by atoms with E-state index in [1.54, 1.807) is 7.05 Å². The number of amides is 1. The Kier molecular flexibility index (Phi) is 5.00. The summed E-state index contributed by atoms with van der Waals surface area (Å²) >= 11 is 2.89. The van der Waals surface area contributed by atoms with Gasteiger partial charge in [0.05, 0.1) is 18.0 Å². The van der Waals surface area contributed by atoms with Crippen LogP contribution in [0.1, 0.15) is 13.8 Å². The molecule has 0 spiro atoms. The van der Waals surface area contributed by atoms with Gasteiger partial charge < -0.3 is 15.0 Å². The molecule has 1 saturated heterocycles. The van der Waals surface area contributed by atoms with Crippen molar-refractivity contribution in [2.45, 2.75) is 30.4 Å². The number of carbonyl (C=O) groups excluding carboxylic acids is 1. The molecule has 6 nitrogen and oxygen atoms in total. The number of thioether (sulfide) groups is 1. The van der Waals surface area contributed by atoms with Crippen LogP contribution in [0.3, 0.4) is 0 Å². The molecule has 0 bridgehead atoms. The third-order valence-electron chi connectivity index (χ3n) is 2.71. The molecule has 0 radical (unpaired) electrons. The van der Waals surface area contributed by atoms with E-state index in [1.807, 2.05) is 18.7 Å². The van der Waals surface area contributed by atoms with E-state index in [2.05, 4.69) is 15.5 Å². The van der Waals surface area contributed by atoms with E-state index >= 15 is 0 Å². The largest absolute Gasteiger partial charge is 0.372 e. The first-order valence-electron chi connectivity index (χ1n) is 6.15. The molecule has 2 rings (SSSR count). The molecule has 1 aromatic rings. The highest BCUT2D eigenvalue weighted by molar-refractivity contribution is 8.01. The Bertz CT molecular complexity index is 430. The minimum absolute atomic E-state index is 0.107. The van der Waals surface area contributed by atoms with E-state index < -0.39 is 0 Å². The van der Waals surface area contributed by atoms with Gasteiger partial charge in [0.2, 0.25) is 11.0 Å². The molecule has 19 heavy (non-hydrogen) atoms. The van der Waals surface area contributed by atoms with Gasteiger partial charge in [-0.3, -0.25) is 4.79 Å². The van der Waals surface area contributed by atoms with E-state index in [0.29, 0.717) is 18.8 Å². The highest BCUT2D eigenvalue weighted by Gasteiger charge is 2.25. The van der Waals surface area contributed by atoms with Gasteiger partial charge >= 0.3 is 0 Å². The molecule has 0 aromatic carbocycles. The molecule has 1 aromatic heterocycles. The SMILES string of the molecule is CNc1nnc(SCC(=O)N2CC(C)OC(C)C2)s1. The van der Waals surface area contributed by atoms with Gasteiger partial charge in [-0.2, -0.15) is 0 Å². The van der Waals surface area contributed by atoms with Crippen LogP contribution in [0.25, 0.3) is 0 Å². The first kappa shape index (κ1) is 14.5. The maximum atomic E-state index is 12.1. The number of anilines is 1. The average molecular weight is 302 g/mol. The molecule has 106 valence electrons. The van der Waals surface area contributed by atoms with Crippen molar-refractivity contribution in [1.82, 2.24) is 15.1 Å². The predicted molar refractivity (Wildman–Crippen MR) is 76.8 cm³/mol. The molecule has 1 N–H and O–H groups in total. The second kappa shape index (κ2) is 6.53. The molecule has 8 heteroatoms. The third-order valence-corrected chi connectivity index (χ3v) is 4.77. The second-order valence-electron chi connectivity index (χ2n) is 4.47. The van der Waals surface area contributed by atoms with E-state index in [-0.39, 0.29) is 18.1 Å². The maximum Gasteiger partial charge on any atom is 0.233 e. The smallest absolute Gasteiger partial charge is 0.233 e.